The molecule has 0 aliphatic carbocycles. The van der Waals surface area contributed by atoms with Gasteiger partial charge in [-0.15, -0.1) is 0 Å². The summed E-state index contributed by atoms with van der Waals surface area (Å²) in [5.74, 6) is 1.58. The van der Waals surface area contributed by atoms with Crippen molar-refractivity contribution in [3.05, 3.63) is 176 Å². The van der Waals surface area contributed by atoms with Crippen LogP contribution in [0.1, 0.15) is 0 Å². The van der Waals surface area contributed by atoms with Gasteiger partial charge in [-0.25, -0.2) is 15.0 Å². The van der Waals surface area contributed by atoms with Crippen molar-refractivity contribution < 1.29 is 0 Å². The van der Waals surface area contributed by atoms with E-state index >= 15 is 0 Å². The van der Waals surface area contributed by atoms with Gasteiger partial charge in [0, 0.05) is 43.7 Å². The molecule has 0 spiro atoms. The normalized spacial score (nSPS) is 11.8. The summed E-state index contributed by atoms with van der Waals surface area (Å²) in [6, 6.07) is 61.8. The average molecular weight is 664 g/mol. The molecule has 11 aromatic rings. The van der Waals surface area contributed by atoms with E-state index in [1.807, 2.05) is 18.2 Å². The topological polar surface area (TPSA) is 48.5 Å². The molecule has 0 amide bonds. The monoisotopic (exact) mass is 663 g/mol. The van der Waals surface area contributed by atoms with Crippen molar-refractivity contribution >= 4 is 65.3 Å². The number of para-hydroxylation sites is 3. The molecule has 0 fully saturated rings. The minimum absolute atomic E-state index is 0.654. The molecular weight excluding hydrogens is 635 g/mol. The first-order valence-electron chi connectivity index (χ1n) is 17.6. The Morgan fingerprint density at radius 2 is 0.923 bits per heavy atom. The Kier molecular flexibility index (Phi) is 6.18. The van der Waals surface area contributed by atoms with E-state index in [0.717, 1.165) is 82.8 Å². The number of fused-ring (bicyclic) bond motifs is 10. The van der Waals surface area contributed by atoms with Crippen LogP contribution in [-0.2, 0) is 0 Å². The molecule has 0 saturated heterocycles. The molecule has 0 saturated carbocycles. The summed E-state index contributed by atoms with van der Waals surface area (Å²) in [7, 11) is 0. The number of imidazole rings is 1. The second kappa shape index (κ2) is 11.2. The smallest absolute Gasteiger partial charge is 0.235 e. The van der Waals surface area contributed by atoms with Gasteiger partial charge in [-0.2, -0.15) is 0 Å². The van der Waals surface area contributed by atoms with E-state index in [9.17, 15) is 0 Å². The third kappa shape index (κ3) is 4.20. The molecule has 0 aliphatic heterocycles. The van der Waals surface area contributed by atoms with Crippen LogP contribution < -0.4 is 0 Å². The predicted molar refractivity (Wildman–Crippen MR) is 214 cm³/mol. The zero-order valence-electron chi connectivity index (χ0n) is 28.0. The van der Waals surface area contributed by atoms with Gasteiger partial charge < -0.3 is 0 Å². The van der Waals surface area contributed by atoms with E-state index < -0.39 is 0 Å². The maximum Gasteiger partial charge on any atom is 0.235 e. The van der Waals surface area contributed by atoms with Crippen LogP contribution in [0.3, 0.4) is 0 Å². The molecule has 0 unspecified atom stereocenters. The molecule has 5 nitrogen and oxygen atoms in total. The van der Waals surface area contributed by atoms with Crippen molar-refractivity contribution in [3.63, 3.8) is 0 Å². The third-order valence-corrected chi connectivity index (χ3v) is 10.3. The minimum Gasteiger partial charge on any atom is -0.292 e. The number of rotatable bonds is 4. The van der Waals surface area contributed by atoms with Crippen LogP contribution in [0.5, 0.6) is 0 Å². The number of hydrogen-bond acceptors (Lipinski definition) is 3. The standard InChI is InChI=1S/C47H29N5/c1-4-14-30(15-5-1)43-39-21-10-12-22-40(39)48-47(50-43)52-41-23-13-11-20-35(41)38-26-24-34-33-28-29-42-44(36(33)25-27-37(34)45(38)52)49-46(31-16-6-2-7-17-31)51(42)32-18-8-3-9-19-32/h1-29H. The fraction of sp³-hybridized carbons (Fsp3) is 0. The van der Waals surface area contributed by atoms with Gasteiger partial charge in [0.25, 0.3) is 0 Å². The van der Waals surface area contributed by atoms with Gasteiger partial charge in [-0.3, -0.25) is 9.13 Å². The van der Waals surface area contributed by atoms with Gasteiger partial charge in [0.1, 0.15) is 5.82 Å². The molecule has 0 aliphatic rings. The Bertz CT molecular complexity index is 3160. The zero-order chi connectivity index (χ0) is 34.2. The molecule has 11 rings (SSSR count). The van der Waals surface area contributed by atoms with Crippen LogP contribution in [0.25, 0.3) is 99.6 Å². The van der Waals surface area contributed by atoms with E-state index in [4.69, 9.17) is 15.0 Å². The molecule has 0 bridgehead atoms. The third-order valence-electron chi connectivity index (χ3n) is 10.3. The fourth-order valence-electron chi connectivity index (χ4n) is 8.03. The molecule has 0 atom stereocenters. The number of hydrogen-bond donors (Lipinski definition) is 0. The van der Waals surface area contributed by atoms with Crippen molar-refractivity contribution in [1.82, 2.24) is 24.1 Å². The van der Waals surface area contributed by atoms with Crippen molar-refractivity contribution in [2.45, 2.75) is 0 Å². The quantitative estimate of drug-likeness (QED) is 0.176. The van der Waals surface area contributed by atoms with Crippen molar-refractivity contribution in [3.8, 4) is 34.3 Å². The zero-order valence-corrected chi connectivity index (χ0v) is 28.0. The summed E-state index contributed by atoms with van der Waals surface area (Å²) < 4.78 is 4.53. The fourth-order valence-corrected chi connectivity index (χ4v) is 8.03. The highest BCUT2D eigenvalue weighted by Crippen LogP contribution is 2.41. The highest BCUT2D eigenvalue weighted by molar-refractivity contribution is 6.25. The second-order valence-electron chi connectivity index (χ2n) is 13.2. The van der Waals surface area contributed by atoms with E-state index in [-0.39, 0.29) is 0 Å². The van der Waals surface area contributed by atoms with Crippen LogP contribution in [0.15, 0.2) is 176 Å². The molecule has 8 aromatic carbocycles. The van der Waals surface area contributed by atoms with E-state index in [1.165, 1.54) is 10.8 Å². The molecule has 3 aromatic heterocycles. The Morgan fingerprint density at radius 1 is 0.346 bits per heavy atom. The highest BCUT2D eigenvalue weighted by Gasteiger charge is 2.21. The van der Waals surface area contributed by atoms with Gasteiger partial charge in [0.05, 0.1) is 33.3 Å². The lowest BCUT2D eigenvalue weighted by molar-refractivity contribution is 1.02. The van der Waals surface area contributed by atoms with Gasteiger partial charge in [-0.1, -0.05) is 146 Å². The average Bonchev–Trinajstić information content (AvgIpc) is 3.78. The van der Waals surface area contributed by atoms with E-state index in [1.54, 1.807) is 0 Å². The van der Waals surface area contributed by atoms with Gasteiger partial charge in [0.2, 0.25) is 5.95 Å². The molecule has 3 heterocycles. The molecule has 5 heteroatoms. The van der Waals surface area contributed by atoms with Crippen LogP contribution in [-0.4, -0.2) is 24.1 Å². The Hall–Kier alpha value is -7.11. The summed E-state index contributed by atoms with van der Waals surface area (Å²) >= 11 is 0. The van der Waals surface area contributed by atoms with Crippen LogP contribution >= 0.6 is 0 Å². The Morgan fingerprint density at radius 3 is 1.71 bits per heavy atom. The van der Waals surface area contributed by atoms with Crippen LogP contribution in [0, 0.1) is 0 Å². The van der Waals surface area contributed by atoms with Crippen LogP contribution in [0.4, 0.5) is 0 Å². The predicted octanol–water partition coefficient (Wildman–Crippen LogP) is 11.7. The lowest BCUT2D eigenvalue weighted by Gasteiger charge is -2.13. The van der Waals surface area contributed by atoms with Crippen LogP contribution in [0.2, 0.25) is 0 Å². The number of benzene rings is 8. The van der Waals surface area contributed by atoms with Gasteiger partial charge in [0.15, 0.2) is 0 Å². The first-order valence-corrected chi connectivity index (χ1v) is 17.6. The summed E-state index contributed by atoms with van der Waals surface area (Å²) in [5, 5.41) is 7.95. The van der Waals surface area contributed by atoms with Gasteiger partial charge in [-0.05, 0) is 41.1 Å². The summed E-state index contributed by atoms with van der Waals surface area (Å²) in [6.45, 7) is 0. The lowest BCUT2D eigenvalue weighted by atomic mass is 9.98. The van der Waals surface area contributed by atoms with Crippen molar-refractivity contribution in [1.29, 1.82) is 0 Å². The van der Waals surface area contributed by atoms with E-state index in [0.29, 0.717) is 5.95 Å². The summed E-state index contributed by atoms with van der Waals surface area (Å²) in [6.07, 6.45) is 0. The minimum atomic E-state index is 0.654. The van der Waals surface area contributed by atoms with Crippen molar-refractivity contribution in [2.24, 2.45) is 0 Å². The molecular formula is C47H29N5. The Balaban J connectivity index is 1.22. The van der Waals surface area contributed by atoms with Gasteiger partial charge >= 0.3 is 0 Å². The Labute approximate surface area is 298 Å². The maximum atomic E-state index is 5.36. The van der Waals surface area contributed by atoms with E-state index in [2.05, 4.69) is 167 Å². The first-order chi connectivity index (χ1) is 25.8. The number of nitrogens with zero attached hydrogens (tertiary/aromatic N) is 5. The van der Waals surface area contributed by atoms with Crippen molar-refractivity contribution in [2.75, 3.05) is 0 Å². The highest BCUT2D eigenvalue weighted by atomic mass is 15.2. The molecule has 0 radical (unpaired) electrons. The second-order valence-corrected chi connectivity index (χ2v) is 13.2. The largest absolute Gasteiger partial charge is 0.292 e. The summed E-state index contributed by atoms with van der Waals surface area (Å²) in [4.78, 5) is 15.9. The lowest BCUT2D eigenvalue weighted by Crippen LogP contribution is -2.03. The summed E-state index contributed by atoms with van der Waals surface area (Å²) in [5.41, 5.74) is 9.27. The molecule has 52 heavy (non-hydrogen) atoms. The molecule has 0 N–H and O–H groups in total. The SMILES string of the molecule is c1ccc(-c2nc(-n3c4ccccc4c4ccc5c6ccc7c(nc(-c8ccccc8)n7-c7ccccc7)c6ccc5c43)nc3ccccc23)cc1. The number of aromatic nitrogens is 5. The molecule has 242 valence electrons. The first kappa shape index (κ1) is 28.7. The maximum absolute atomic E-state index is 5.36.